The van der Waals surface area contributed by atoms with Gasteiger partial charge in [-0.3, -0.25) is 4.90 Å². The molecule has 4 heteroatoms. The highest BCUT2D eigenvalue weighted by atomic mass is 16.3. The second kappa shape index (κ2) is 6.16. The van der Waals surface area contributed by atoms with Crippen molar-refractivity contribution >= 4 is 5.82 Å². The van der Waals surface area contributed by atoms with Crippen LogP contribution in [0, 0.1) is 0 Å². The minimum atomic E-state index is 0.0642. The van der Waals surface area contributed by atoms with Crippen molar-refractivity contribution in [2.24, 2.45) is 0 Å². The highest BCUT2D eigenvalue weighted by Crippen LogP contribution is 2.19. The molecule has 18 heavy (non-hydrogen) atoms. The molecule has 0 saturated carbocycles. The van der Waals surface area contributed by atoms with Crippen LogP contribution in [-0.4, -0.2) is 47.2 Å². The summed E-state index contributed by atoms with van der Waals surface area (Å²) < 4.78 is 0. The molecular formula is C14H23N3O. The number of hydrogen-bond donors (Lipinski definition) is 1. The van der Waals surface area contributed by atoms with Gasteiger partial charge >= 0.3 is 0 Å². The predicted molar refractivity (Wildman–Crippen MR) is 73.7 cm³/mol. The Kier molecular flexibility index (Phi) is 4.55. The Bertz CT molecular complexity index is 375. The van der Waals surface area contributed by atoms with Crippen LogP contribution in [0.4, 0.5) is 5.82 Å². The van der Waals surface area contributed by atoms with Gasteiger partial charge in [0.2, 0.25) is 0 Å². The maximum atomic E-state index is 9.35. The van der Waals surface area contributed by atoms with Gasteiger partial charge in [0, 0.05) is 44.0 Å². The first-order valence-electron chi connectivity index (χ1n) is 6.80. The van der Waals surface area contributed by atoms with E-state index >= 15 is 0 Å². The van der Waals surface area contributed by atoms with Crippen LogP contribution in [0.25, 0.3) is 0 Å². The molecule has 1 atom stereocenters. The van der Waals surface area contributed by atoms with Crippen molar-refractivity contribution in [3.63, 3.8) is 0 Å². The van der Waals surface area contributed by atoms with E-state index in [1.807, 2.05) is 12.1 Å². The molecule has 0 radical (unpaired) electrons. The monoisotopic (exact) mass is 249 g/mol. The van der Waals surface area contributed by atoms with Gasteiger partial charge in [-0.25, -0.2) is 4.98 Å². The molecule has 0 aliphatic carbocycles. The molecule has 0 amide bonds. The first-order chi connectivity index (χ1) is 8.76. The third-order valence-electron chi connectivity index (χ3n) is 3.87. The van der Waals surface area contributed by atoms with E-state index in [2.05, 4.69) is 28.6 Å². The summed E-state index contributed by atoms with van der Waals surface area (Å²) in [5.41, 5.74) is 0.925. The fraction of sp³-hybridized carbons (Fsp3) is 0.643. The summed E-state index contributed by atoms with van der Waals surface area (Å²) in [5.74, 6) is 0.948. The van der Waals surface area contributed by atoms with Crippen molar-refractivity contribution in [2.75, 3.05) is 31.1 Å². The smallest absolute Gasteiger partial charge is 0.134 e. The lowest BCUT2D eigenvalue weighted by molar-refractivity contribution is 0.192. The topological polar surface area (TPSA) is 39.6 Å². The first-order valence-corrected chi connectivity index (χ1v) is 6.80. The standard InChI is InChI=1S/C14H23N3O/c1-3-12(2)16-7-9-17(10-8-16)14-13(11-18)5-4-6-15-14/h4-6,12,18H,3,7-11H2,1-2H3. The molecule has 1 saturated heterocycles. The molecular weight excluding hydrogens is 226 g/mol. The number of aromatic nitrogens is 1. The Labute approximate surface area is 109 Å². The normalized spacial score (nSPS) is 18.9. The summed E-state index contributed by atoms with van der Waals surface area (Å²) in [6.07, 6.45) is 3.00. The van der Waals surface area contributed by atoms with Crippen LogP contribution in [0.5, 0.6) is 0 Å². The van der Waals surface area contributed by atoms with Crippen molar-refractivity contribution < 1.29 is 5.11 Å². The van der Waals surface area contributed by atoms with Crippen molar-refractivity contribution in [3.8, 4) is 0 Å². The van der Waals surface area contributed by atoms with E-state index in [9.17, 15) is 5.11 Å². The number of hydrogen-bond acceptors (Lipinski definition) is 4. The summed E-state index contributed by atoms with van der Waals surface area (Å²) >= 11 is 0. The highest BCUT2D eigenvalue weighted by molar-refractivity contribution is 5.46. The minimum Gasteiger partial charge on any atom is -0.392 e. The van der Waals surface area contributed by atoms with Gasteiger partial charge in [-0.05, 0) is 19.4 Å². The molecule has 0 aromatic carbocycles. The van der Waals surface area contributed by atoms with Crippen LogP contribution < -0.4 is 4.90 Å². The van der Waals surface area contributed by atoms with Crippen LogP contribution in [-0.2, 0) is 6.61 Å². The number of anilines is 1. The Morgan fingerprint density at radius 3 is 2.67 bits per heavy atom. The SMILES string of the molecule is CCC(C)N1CCN(c2ncccc2CO)CC1. The van der Waals surface area contributed by atoms with Gasteiger partial charge in [0.25, 0.3) is 0 Å². The number of aliphatic hydroxyl groups excluding tert-OH is 1. The Balaban J connectivity index is 2.01. The lowest BCUT2D eigenvalue weighted by atomic mass is 10.1. The Morgan fingerprint density at radius 2 is 2.06 bits per heavy atom. The average molecular weight is 249 g/mol. The van der Waals surface area contributed by atoms with E-state index in [4.69, 9.17) is 0 Å². The van der Waals surface area contributed by atoms with Crippen LogP contribution >= 0.6 is 0 Å². The van der Waals surface area contributed by atoms with Crippen LogP contribution in [0.3, 0.4) is 0 Å². The molecule has 1 aliphatic heterocycles. The van der Waals surface area contributed by atoms with Crippen molar-refractivity contribution in [1.82, 2.24) is 9.88 Å². The maximum absolute atomic E-state index is 9.35. The lowest BCUT2D eigenvalue weighted by Crippen LogP contribution is -2.49. The zero-order valence-corrected chi connectivity index (χ0v) is 11.3. The largest absolute Gasteiger partial charge is 0.392 e. The number of piperazine rings is 1. The summed E-state index contributed by atoms with van der Waals surface area (Å²) in [4.78, 5) is 9.22. The first kappa shape index (κ1) is 13.3. The van der Waals surface area contributed by atoms with Crippen molar-refractivity contribution in [3.05, 3.63) is 23.9 Å². The van der Waals surface area contributed by atoms with Gasteiger partial charge in [-0.2, -0.15) is 0 Å². The molecule has 2 heterocycles. The fourth-order valence-electron chi connectivity index (χ4n) is 2.47. The van der Waals surface area contributed by atoms with Gasteiger partial charge in [0.15, 0.2) is 0 Å². The summed E-state index contributed by atoms with van der Waals surface area (Å²) in [6, 6.07) is 4.49. The lowest BCUT2D eigenvalue weighted by Gasteiger charge is -2.38. The molecule has 1 aromatic heterocycles. The van der Waals surface area contributed by atoms with E-state index in [0.29, 0.717) is 6.04 Å². The third kappa shape index (κ3) is 2.82. The molecule has 1 aliphatic rings. The number of aliphatic hydroxyl groups is 1. The summed E-state index contributed by atoms with van der Waals surface area (Å²) in [5, 5.41) is 9.35. The van der Waals surface area contributed by atoms with E-state index in [-0.39, 0.29) is 6.61 Å². The van der Waals surface area contributed by atoms with E-state index in [0.717, 1.165) is 37.6 Å². The van der Waals surface area contributed by atoms with Crippen LogP contribution in [0.1, 0.15) is 25.8 Å². The van der Waals surface area contributed by atoms with Crippen molar-refractivity contribution in [1.29, 1.82) is 0 Å². The second-order valence-corrected chi connectivity index (χ2v) is 4.92. The predicted octanol–water partition coefficient (Wildman–Crippen LogP) is 1.49. The fourth-order valence-corrected chi connectivity index (χ4v) is 2.47. The van der Waals surface area contributed by atoms with Crippen LogP contribution in [0.15, 0.2) is 18.3 Å². The van der Waals surface area contributed by atoms with E-state index in [1.54, 1.807) is 6.20 Å². The van der Waals surface area contributed by atoms with Gasteiger partial charge < -0.3 is 10.0 Å². The van der Waals surface area contributed by atoms with Gasteiger partial charge in [-0.15, -0.1) is 0 Å². The molecule has 2 rings (SSSR count). The third-order valence-corrected chi connectivity index (χ3v) is 3.87. The Hall–Kier alpha value is -1.13. The van der Waals surface area contributed by atoms with E-state index < -0.39 is 0 Å². The minimum absolute atomic E-state index is 0.0642. The zero-order valence-electron chi connectivity index (χ0n) is 11.3. The maximum Gasteiger partial charge on any atom is 0.134 e. The summed E-state index contributed by atoms with van der Waals surface area (Å²) in [7, 11) is 0. The number of pyridine rings is 1. The molecule has 1 fully saturated rings. The zero-order chi connectivity index (χ0) is 13.0. The Morgan fingerprint density at radius 1 is 1.33 bits per heavy atom. The summed E-state index contributed by atoms with van der Waals surface area (Å²) in [6.45, 7) is 8.74. The molecule has 1 unspecified atom stereocenters. The van der Waals surface area contributed by atoms with Gasteiger partial charge in [-0.1, -0.05) is 13.0 Å². The molecule has 1 N–H and O–H groups in total. The number of rotatable bonds is 4. The average Bonchev–Trinajstić information content (AvgIpc) is 2.46. The quantitative estimate of drug-likeness (QED) is 0.877. The second-order valence-electron chi connectivity index (χ2n) is 4.92. The van der Waals surface area contributed by atoms with Crippen LogP contribution in [0.2, 0.25) is 0 Å². The van der Waals surface area contributed by atoms with Crippen molar-refractivity contribution in [2.45, 2.75) is 32.9 Å². The molecule has 100 valence electrons. The van der Waals surface area contributed by atoms with E-state index in [1.165, 1.54) is 6.42 Å². The molecule has 4 nitrogen and oxygen atoms in total. The highest BCUT2D eigenvalue weighted by Gasteiger charge is 2.22. The molecule has 0 bridgehead atoms. The van der Waals surface area contributed by atoms with Gasteiger partial charge in [0.1, 0.15) is 5.82 Å². The number of nitrogens with zero attached hydrogens (tertiary/aromatic N) is 3. The molecule has 0 spiro atoms. The molecule has 1 aromatic rings. The van der Waals surface area contributed by atoms with Gasteiger partial charge in [0.05, 0.1) is 6.61 Å².